The molecule has 2 aromatic rings. The van der Waals surface area contributed by atoms with Gasteiger partial charge in [-0.05, 0) is 70.3 Å². The molecule has 1 aliphatic heterocycles. The van der Waals surface area contributed by atoms with Crippen molar-refractivity contribution in [1.82, 2.24) is 20.2 Å². The second kappa shape index (κ2) is 6.77. The number of nitrogens with zero attached hydrogens (tertiary/aromatic N) is 2. The summed E-state index contributed by atoms with van der Waals surface area (Å²) in [5.74, 6) is 0.712. The normalized spacial score (nSPS) is 27.7. The molecule has 6 nitrogen and oxygen atoms in total. The number of aliphatic hydroxyl groups is 1. The number of aryl methyl sites for hydroxylation is 1. The van der Waals surface area contributed by atoms with Crippen LogP contribution in [0, 0.1) is 6.92 Å². The van der Waals surface area contributed by atoms with Gasteiger partial charge in [-0.25, -0.2) is 4.98 Å². The third kappa shape index (κ3) is 3.28. The molecule has 0 unspecified atom stereocenters. The predicted octanol–water partition coefficient (Wildman–Crippen LogP) is 1.98. The number of H-pyrrole nitrogens is 1. The van der Waals surface area contributed by atoms with E-state index in [2.05, 4.69) is 20.2 Å². The zero-order valence-electron chi connectivity index (χ0n) is 14.7. The van der Waals surface area contributed by atoms with Crippen molar-refractivity contribution in [3.05, 3.63) is 29.6 Å². The average Bonchev–Trinajstić information content (AvgIpc) is 3.24. The van der Waals surface area contributed by atoms with Gasteiger partial charge in [-0.15, -0.1) is 0 Å². The third-order valence-corrected chi connectivity index (χ3v) is 5.61. The number of imidazole rings is 1. The number of likely N-dealkylation sites (tertiary alicyclic amines) is 1. The Hall–Kier alpha value is -1.92. The topological polar surface area (TPSA) is 81.2 Å². The summed E-state index contributed by atoms with van der Waals surface area (Å²) in [7, 11) is 0. The van der Waals surface area contributed by atoms with Gasteiger partial charge in [-0.1, -0.05) is 0 Å². The highest BCUT2D eigenvalue weighted by Crippen LogP contribution is 2.27. The summed E-state index contributed by atoms with van der Waals surface area (Å²) in [6.45, 7) is 4.03. The van der Waals surface area contributed by atoms with Crippen LogP contribution in [0.15, 0.2) is 18.2 Å². The van der Waals surface area contributed by atoms with Crippen molar-refractivity contribution in [2.45, 2.75) is 57.2 Å². The Morgan fingerprint density at radius 3 is 2.88 bits per heavy atom. The van der Waals surface area contributed by atoms with E-state index in [4.69, 9.17) is 0 Å². The van der Waals surface area contributed by atoms with Crippen molar-refractivity contribution in [3.63, 3.8) is 0 Å². The molecule has 0 radical (unpaired) electrons. The monoisotopic (exact) mass is 342 g/mol. The summed E-state index contributed by atoms with van der Waals surface area (Å²) in [4.78, 5) is 22.6. The molecule has 3 N–H and O–H groups in total. The van der Waals surface area contributed by atoms with Crippen LogP contribution in [0.3, 0.4) is 0 Å². The Morgan fingerprint density at radius 2 is 2.08 bits per heavy atom. The van der Waals surface area contributed by atoms with E-state index in [0.29, 0.717) is 5.56 Å². The molecule has 0 spiro atoms. The summed E-state index contributed by atoms with van der Waals surface area (Å²) in [5, 5.41) is 13.8. The van der Waals surface area contributed by atoms with Gasteiger partial charge in [0.25, 0.3) is 5.91 Å². The van der Waals surface area contributed by atoms with Crippen molar-refractivity contribution in [3.8, 4) is 0 Å². The van der Waals surface area contributed by atoms with Crippen LogP contribution >= 0.6 is 0 Å². The molecule has 4 rings (SSSR count). The molecule has 2 aliphatic rings. The van der Waals surface area contributed by atoms with Crippen LogP contribution in [-0.4, -0.2) is 57.2 Å². The summed E-state index contributed by atoms with van der Waals surface area (Å²) < 4.78 is 0. The van der Waals surface area contributed by atoms with E-state index in [9.17, 15) is 9.90 Å². The van der Waals surface area contributed by atoms with E-state index >= 15 is 0 Å². The van der Waals surface area contributed by atoms with Crippen LogP contribution in [0.5, 0.6) is 0 Å². The number of carbonyl (C=O) groups is 1. The minimum Gasteiger partial charge on any atom is -0.389 e. The van der Waals surface area contributed by atoms with Crippen molar-refractivity contribution < 1.29 is 9.90 Å². The molecule has 1 amide bonds. The van der Waals surface area contributed by atoms with Gasteiger partial charge in [0.05, 0.1) is 23.2 Å². The van der Waals surface area contributed by atoms with Crippen LogP contribution in [0.1, 0.15) is 48.3 Å². The number of benzene rings is 1. The number of aromatic nitrogens is 2. The number of fused-ring (bicyclic) bond motifs is 1. The quantitative estimate of drug-likeness (QED) is 0.797. The first-order chi connectivity index (χ1) is 12.1. The fourth-order valence-corrected chi connectivity index (χ4v) is 4.32. The van der Waals surface area contributed by atoms with E-state index in [-0.39, 0.29) is 18.0 Å². The van der Waals surface area contributed by atoms with Gasteiger partial charge in [0.15, 0.2) is 0 Å². The maximum Gasteiger partial charge on any atom is 0.251 e. The van der Waals surface area contributed by atoms with Gasteiger partial charge in [0, 0.05) is 11.6 Å². The number of hydrogen-bond donors (Lipinski definition) is 3. The first-order valence-electron chi connectivity index (χ1n) is 9.31. The highest BCUT2D eigenvalue weighted by Gasteiger charge is 2.37. The SMILES string of the molecule is Cc1nc2ccc(C(=O)N[C@@H]3CCC[C@@H](N4CCCC4)[C@@H]3O)cc2[nH]1. The van der Waals surface area contributed by atoms with Crippen LogP contribution in [0.2, 0.25) is 0 Å². The molecule has 1 saturated carbocycles. The number of rotatable bonds is 3. The standard InChI is InChI=1S/C19H26N4O2/c1-12-20-14-8-7-13(11-16(14)21-12)19(25)22-15-5-4-6-17(18(15)24)23-9-2-3-10-23/h7-8,11,15,17-18,24H,2-6,9-10H2,1H3,(H,20,21)(H,22,25)/t15-,17-,18-/m1/s1. The van der Waals surface area contributed by atoms with Gasteiger partial charge in [0.2, 0.25) is 0 Å². The van der Waals surface area contributed by atoms with Crippen LogP contribution in [-0.2, 0) is 0 Å². The predicted molar refractivity (Wildman–Crippen MR) is 96.5 cm³/mol. The number of carbonyl (C=O) groups excluding carboxylic acids is 1. The number of aliphatic hydroxyl groups excluding tert-OH is 1. The summed E-state index contributed by atoms with van der Waals surface area (Å²) in [6.07, 6.45) is 4.83. The number of nitrogens with one attached hydrogen (secondary N) is 2. The Bertz CT molecular complexity index is 766. The lowest BCUT2D eigenvalue weighted by Crippen LogP contribution is -2.56. The van der Waals surface area contributed by atoms with Gasteiger partial charge in [-0.3, -0.25) is 9.69 Å². The molecule has 0 bridgehead atoms. The van der Waals surface area contributed by atoms with E-state index in [1.54, 1.807) is 6.07 Å². The lowest BCUT2D eigenvalue weighted by Gasteiger charge is -2.40. The zero-order chi connectivity index (χ0) is 17.4. The van der Waals surface area contributed by atoms with Crippen molar-refractivity contribution >= 4 is 16.9 Å². The fourth-order valence-electron chi connectivity index (χ4n) is 4.32. The number of amides is 1. The smallest absolute Gasteiger partial charge is 0.251 e. The van der Waals surface area contributed by atoms with Crippen molar-refractivity contribution in [2.75, 3.05) is 13.1 Å². The summed E-state index contributed by atoms with van der Waals surface area (Å²) >= 11 is 0. The van der Waals surface area contributed by atoms with Crippen molar-refractivity contribution in [2.24, 2.45) is 0 Å². The highest BCUT2D eigenvalue weighted by atomic mass is 16.3. The molecule has 1 aromatic carbocycles. The molecule has 2 heterocycles. The van der Waals surface area contributed by atoms with Gasteiger partial charge in [-0.2, -0.15) is 0 Å². The molecule has 2 fully saturated rings. The largest absolute Gasteiger partial charge is 0.389 e. The van der Waals surface area contributed by atoms with E-state index < -0.39 is 6.10 Å². The van der Waals surface area contributed by atoms with E-state index in [0.717, 1.165) is 49.2 Å². The second-order valence-corrected chi connectivity index (χ2v) is 7.37. The number of hydrogen-bond acceptors (Lipinski definition) is 4. The fraction of sp³-hybridized carbons (Fsp3) is 0.579. The van der Waals surface area contributed by atoms with Gasteiger partial charge >= 0.3 is 0 Å². The Kier molecular flexibility index (Phi) is 4.48. The third-order valence-electron chi connectivity index (χ3n) is 5.61. The maximum absolute atomic E-state index is 12.7. The van der Waals surface area contributed by atoms with Crippen molar-refractivity contribution in [1.29, 1.82) is 0 Å². The Morgan fingerprint density at radius 1 is 1.28 bits per heavy atom. The van der Waals surface area contributed by atoms with Crippen LogP contribution < -0.4 is 5.32 Å². The van der Waals surface area contributed by atoms with E-state index in [1.807, 2.05) is 19.1 Å². The summed E-state index contributed by atoms with van der Waals surface area (Å²) in [6, 6.07) is 5.49. The molecule has 3 atom stereocenters. The molecule has 6 heteroatoms. The van der Waals surface area contributed by atoms with E-state index in [1.165, 1.54) is 12.8 Å². The molecular weight excluding hydrogens is 316 g/mol. The molecule has 1 aliphatic carbocycles. The minimum atomic E-state index is -0.492. The molecule has 1 aromatic heterocycles. The lowest BCUT2D eigenvalue weighted by atomic mass is 9.87. The molecule has 25 heavy (non-hydrogen) atoms. The second-order valence-electron chi connectivity index (χ2n) is 7.37. The Labute approximate surface area is 147 Å². The van der Waals surface area contributed by atoms with Crippen LogP contribution in [0.4, 0.5) is 0 Å². The first kappa shape index (κ1) is 16.5. The minimum absolute atomic E-state index is 0.125. The maximum atomic E-state index is 12.7. The van der Waals surface area contributed by atoms with Gasteiger partial charge in [0.1, 0.15) is 5.82 Å². The molecule has 134 valence electrons. The average molecular weight is 342 g/mol. The Balaban J connectivity index is 1.46. The van der Waals surface area contributed by atoms with Crippen LogP contribution in [0.25, 0.3) is 11.0 Å². The molecule has 1 saturated heterocycles. The highest BCUT2D eigenvalue weighted by molar-refractivity contribution is 5.97. The first-order valence-corrected chi connectivity index (χ1v) is 9.31. The van der Waals surface area contributed by atoms with Gasteiger partial charge < -0.3 is 15.4 Å². The molecular formula is C19H26N4O2. The lowest BCUT2D eigenvalue weighted by molar-refractivity contribution is 0.00704. The number of aromatic amines is 1. The zero-order valence-corrected chi connectivity index (χ0v) is 14.7. The summed E-state index contributed by atoms with van der Waals surface area (Å²) in [5.41, 5.74) is 2.33.